The minimum Gasteiger partial charge on any atom is -0.495 e. The van der Waals surface area contributed by atoms with Crippen LogP contribution in [0.5, 0.6) is 5.75 Å². The van der Waals surface area contributed by atoms with E-state index in [1.807, 2.05) is 47.4 Å². The van der Waals surface area contributed by atoms with Crippen LogP contribution in [-0.4, -0.2) is 53.9 Å². The largest absolute Gasteiger partial charge is 0.495 e. The van der Waals surface area contributed by atoms with E-state index in [2.05, 4.69) is 10.00 Å². The summed E-state index contributed by atoms with van der Waals surface area (Å²) in [4.78, 5) is 30.2. The number of benzene rings is 2. The van der Waals surface area contributed by atoms with Gasteiger partial charge in [0.2, 0.25) is 0 Å². The number of fused-ring (bicyclic) bond motifs is 1. The maximum atomic E-state index is 13.4. The van der Waals surface area contributed by atoms with Crippen LogP contribution in [0.15, 0.2) is 53.3 Å². The van der Waals surface area contributed by atoms with E-state index in [1.165, 1.54) is 4.68 Å². The minimum atomic E-state index is -0.111. The van der Waals surface area contributed by atoms with Crippen LogP contribution in [0.4, 0.5) is 5.69 Å². The van der Waals surface area contributed by atoms with Crippen LogP contribution in [0, 0.1) is 0 Å². The summed E-state index contributed by atoms with van der Waals surface area (Å²) in [6.45, 7) is 2.61. The molecule has 0 unspecified atom stereocenters. The van der Waals surface area contributed by atoms with Gasteiger partial charge in [-0.05, 0) is 31.0 Å². The third-order valence-electron chi connectivity index (χ3n) is 5.92. The van der Waals surface area contributed by atoms with Crippen molar-refractivity contribution >= 4 is 22.4 Å². The number of rotatable bonds is 4. The van der Waals surface area contributed by atoms with Crippen LogP contribution in [0.2, 0.25) is 0 Å². The van der Waals surface area contributed by atoms with E-state index in [4.69, 9.17) is 4.74 Å². The molecule has 154 valence electrons. The van der Waals surface area contributed by atoms with E-state index < -0.39 is 0 Å². The van der Waals surface area contributed by atoms with E-state index in [-0.39, 0.29) is 17.5 Å². The summed E-state index contributed by atoms with van der Waals surface area (Å²) in [5.41, 5.74) is 1.31. The fourth-order valence-electron chi connectivity index (χ4n) is 4.12. The van der Waals surface area contributed by atoms with Crippen LogP contribution >= 0.6 is 0 Å². The maximum absolute atomic E-state index is 13.4. The first-order valence-electron chi connectivity index (χ1n) is 10.4. The van der Waals surface area contributed by atoms with Gasteiger partial charge in [0.1, 0.15) is 5.75 Å². The van der Waals surface area contributed by atoms with Crippen molar-refractivity contribution in [1.29, 1.82) is 0 Å². The molecule has 0 radical (unpaired) electrons. The van der Waals surface area contributed by atoms with Gasteiger partial charge in [-0.25, -0.2) is 4.68 Å². The summed E-state index contributed by atoms with van der Waals surface area (Å²) in [7, 11) is 1.67. The second-order valence-corrected chi connectivity index (χ2v) is 7.83. The highest BCUT2D eigenvalue weighted by atomic mass is 16.5. The molecule has 3 aromatic rings. The summed E-state index contributed by atoms with van der Waals surface area (Å²) in [6.07, 6.45) is 1.88. The molecule has 1 aliphatic carbocycles. The molecule has 0 bridgehead atoms. The molecular formula is C23H24N4O3. The molecule has 0 N–H and O–H groups in total. The fourth-order valence-corrected chi connectivity index (χ4v) is 4.12. The summed E-state index contributed by atoms with van der Waals surface area (Å²) in [6, 6.07) is 15.3. The fraction of sp³-hybridized carbons (Fsp3) is 0.348. The normalized spacial score (nSPS) is 16.7. The molecule has 1 aromatic heterocycles. The first-order chi connectivity index (χ1) is 14.7. The van der Waals surface area contributed by atoms with Gasteiger partial charge < -0.3 is 14.5 Å². The van der Waals surface area contributed by atoms with E-state index in [9.17, 15) is 9.59 Å². The van der Waals surface area contributed by atoms with Crippen LogP contribution in [0.1, 0.15) is 29.4 Å². The number of hydrogen-bond donors (Lipinski definition) is 0. The number of aromatic nitrogens is 2. The molecule has 7 nitrogen and oxygen atoms in total. The highest BCUT2D eigenvalue weighted by molar-refractivity contribution is 6.04. The van der Waals surface area contributed by atoms with Crippen molar-refractivity contribution in [2.45, 2.75) is 18.9 Å². The average Bonchev–Trinajstić information content (AvgIpc) is 3.64. The Morgan fingerprint density at radius 3 is 2.33 bits per heavy atom. The molecule has 1 saturated heterocycles. The van der Waals surface area contributed by atoms with Crippen LogP contribution in [0.25, 0.3) is 10.8 Å². The molecule has 2 aromatic carbocycles. The number of piperazine rings is 1. The van der Waals surface area contributed by atoms with Crippen molar-refractivity contribution in [3.05, 3.63) is 64.6 Å². The van der Waals surface area contributed by atoms with Gasteiger partial charge in [-0.2, -0.15) is 5.10 Å². The Hall–Kier alpha value is -3.35. The molecule has 0 atom stereocenters. The number of para-hydroxylation sites is 2. The molecule has 1 aliphatic heterocycles. The predicted molar refractivity (Wildman–Crippen MR) is 115 cm³/mol. The highest BCUT2D eigenvalue weighted by Crippen LogP contribution is 2.33. The lowest BCUT2D eigenvalue weighted by atomic mass is 10.1. The van der Waals surface area contributed by atoms with Crippen molar-refractivity contribution < 1.29 is 9.53 Å². The van der Waals surface area contributed by atoms with Crippen molar-refractivity contribution in [3.63, 3.8) is 0 Å². The van der Waals surface area contributed by atoms with Crippen molar-refractivity contribution in [1.82, 2.24) is 14.7 Å². The van der Waals surface area contributed by atoms with Crippen molar-refractivity contribution in [2.24, 2.45) is 0 Å². The Kier molecular flexibility index (Phi) is 4.65. The number of hydrogen-bond acceptors (Lipinski definition) is 5. The molecule has 1 amide bonds. The van der Waals surface area contributed by atoms with E-state index in [1.54, 1.807) is 13.2 Å². The lowest BCUT2D eigenvalue weighted by Crippen LogP contribution is -2.49. The second-order valence-electron chi connectivity index (χ2n) is 7.83. The van der Waals surface area contributed by atoms with Gasteiger partial charge in [0.05, 0.1) is 24.2 Å². The molecule has 1 saturated carbocycles. The molecule has 2 heterocycles. The first-order valence-corrected chi connectivity index (χ1v) is 10.4. The third kappa shape index (κ3) is 3.20. The summed E-state index contributed by atoms with van der Waals surface area (Å²) in [5, 5.41) is 5.72. The predicted octanol–water partition coefficient (Wildman–Crippen LogP) is 2.70. The van der Waals surface area contributed by atoms with Crippen molar-refractivity contribution in [2.75, 3.05) is 38.2 Å². The van der Waals surface area contributed by atoms with Gasteiger partial charge in [-0.1, -0.05) is 30.3 Å². The molecule has 2 fully saturated rings. The molecular weight excluding hydrogens is 380 g/mol. The smallest absolute Gasteiger partial charge is 0.275 e. The zero-order valence-corrected chi connectivity index (χ0v) is 17.0. The number of carbonyl (C=O) groups excluding carboxylic acids is 1. The van der Waals surface area contributed by atoms with E-state index in [0.717, 1.165) is 24.3 Å². The van der Waals surface area contributed by atoms with Gasteiger partial charge in [-0.15, -0.1) is 0 Å². The molecule has 2 aliphatic rings. The second kappa shape index (κ2) is 7.48. The van der Waals surface area contributed by atoms with Gasteiger partial charge in [-0.3, -0.25) is 9.59 Å². The number of anilines is 1. The van der Waals surface area contributed by atoms with Gasteiger partial charge in [0, 0.05) is 31.6 Å². The molecule has 30 heavy (non-hydrogen) atoms. The number of methoxy groups -OCH3 is 1. The summed E-state index contributed by atoms with van der Waals surface area (Å²) in [5.74, 6) is 0.724. The van der Waals surface area contributed by atoms with Crippen LogP contribution < -0.4 is 15.2 Å². The van der Waals surface area contributed by atoms with Gasteiger partial charge in [0.15, 0.2) is 5.69 Å². The number of carbonyl (C=O) groups is 1. The van der Waals surface area contributed by atoms with E-state index >= 15 is 0 Å². The molecule has 7 heteroatoms. The molecule has 5 rings (SSSR count). The third-order valence-corrected chi connectivity index (χ3v) is 5.92. The topological polar surface area (TPSA) is 67.7 Å². The monoisotopic (exact) mass is 404 g/mol. The Bertz CT molecular complexity index is 1160. The SMILES string of the molecule is COc1ccccc1N1CCN(C(=O)c2nn(C3CC3)c(=O)c3ccccc23)CC1. The summed E-state index contributed by atoms with van der Waals surface area (Å²) < 4.78 is 6.99. The zero-order chi connectivity index (χ0) is 20.7. The average molecular weight is 404 g/mol. The lowest BCUT2D eigenvalue weighted by molar-refractivity contribution is 0.0740. The maximum Gasteiger partial charge on any atom is 0.275 e. The first kappa shape index (κ1) is 18.7. The van der Waals surface area contributed by atoms with Crippen LogP contribution in [0.3, 0.4) is 0 Å². The lowest BCUT2D eigenvalue weighted by Gasteiger charge is -2.36. The minimum absolute atomic E-state index is 0.106. The highest BCUT2D eigenvalue weighted by Gasteiger charge is 2.30. The number of nitrogens with zero attached hydrogens (tertiary/aromatic N) is 4. The number of amides is 1. The van der Waals surface area contributed by atoms with Gasteiger partial charge >= 0.3 is 0 Å². The van der Waals surface area contributed by atoms with Gasteiger partial charge in [0.25, 0.3) is 11.5 Å². The van der Waals surface area contributed by atoms with E-state index in [0.29, 0.717) is 42.6 Å². The Morgan fingerprint density at radius 1 is 0.967 bits per heavy atom. The van der Waals surface area contributed by atoms with Crippen LogP contribution in [-0.2, 0) is 0 Å². The standard InChI is InChI=1S/C23H24N4O3/c1-30-20-9-5-4-8-19(20)25-12-14-26(15-13-25)23(29)21-17-6-2-3-7-18(17)22(28)27(24-21)16-10-11-16/h2-9,16H,10-15H2,1H3. The number of ether oxygens (including phenoxy) is 1. The Balaban J connectivity index is 1.42. The summed E-state index contributed by atoms with van der Waals surface area (Å²) >= 11 is 0. The zero-order valence-electron chi connectivity index (χ0n) is 17.0. The Morgan fingerprint density at radius 2 is 1.63 bits per heavy atom. The quantitative estimate of drug-likeness (QED) is 0.669. The molecule has 0 spiro atoms. The Labute approximate surface area is 174 Å². The van der Waals surface area contributed by atoms with Crippen molar-refractivity contribution in [3.8, 4) is 5.75 Å².